The van der Waals surface area contributed by atoms with Gasteiger partial charge in [-0.2, -0.15) is 0 Å². The molecule has 7 nitrogen and oxygen atoms in total. The predicted molar refractivity (Wildman–Crippen MR) is 142 cm³/mol. The Morgan fingerprint density at radius 3 is 2.80 bits per heavy atom. The van der Waals surface area contributed by atoms with Crippen LogP contribution in [0.5, 0.6) is 0 Å². The molecule has 2 aromatic heterocycles. The summed E-state index contributed by atoms with van der Waals surface area (Å²) in [6.45, 7) is 3.91. The van der Waals surface area contributed by atoms with Gasteiger partial charge in [-0.1, -0.05) is 29.9 Å². The average Bonchev–Trinajstić information content (AvgIpc) is 2.96. The third-order valence-electron chi connectivity index (χ3n) is 6.61. The molecule has 35 heavy (non-hydrogen) atoms. The molecule has 4 heterocycles. The minimum absolute atomic E-state index is 0.116. The zero-order valence-corrected chi connectivity index (χ0v) is 21.3. The largest absolute Gasteiger partial charge is 0.349 e. The quantitative estimate of drug-likeness (QED) is 0.513. The van der Waals surface area contributed by atoms with Gasteiger partial charge < -0.3 is 15.5 Å². The third kappa shape index (κ3) is 5.34. The van der Waals surface area contributed by atoms with Crippen LogP contribution in [0.4, 0.5) is 5.69 Å². The molecule has 0 aliphatic carbocycles. The van der Waals surface area contributed by atoms with Crippen molar-refractivity contribution in [3.63, 3.8) is 0 Å². The summed E-state index contributed by atoms with van der Waals surface area (Å²) in [6.07, 6.45) is 4.86. The van der Waals surface area contributed by atoms with Gasteiger partial charge in [-0.15, -0.1) is 0 Å². The Hall–Kier alpha value is -2.94. The summed E-state index contributed by atoms with van der Waals surface area (Å²) in [5.41, 5.74) is 5.86. The Labute approximate surface area is 215 Å². The molecule has 1 amide bonds. The lowest BCUT2D eigenvalue weighted by Gasteiger charge is -2.29. The average molecular weight is 507 g/mol. The number of hydrogen-bond donors (Lipinski definition) is 2. The second-order valence-corrected chi connectivity index (χ2v) is 10.2. The highest BCUT2D eigenvalue weighted by atomic mass is 35.5. The highest BCUT2D eigenvalue weighted by Crippen LogP contribution is 2.34. The van der Waals surface area contributed by atoms with Gasteiger partial charge in [0.2, 0.25) is 0 Å². The predicted octanol–water partition coefficient (Wildman–Crippen LogP) is 4.21. The molecule has 5 rings (SSSR count). The second-order valence-electron chi connectivity index (χ2n) is 9.24. The van der Waals surface area contributed by atoms with Crippen molar-refractivity contribution >= 4 is 40.4 Å². The summed E-state index contributed by atoms with van der Waals surface area (Å²) in [6, 6.07) is 9.61. The number of aromatic nitrogens is 3. The first-order valence-corrected chi connectivity index (χ1v) is 12.5. The molecule has 0 unspecified atom stereocenters. The van der Waals surface area contributed by atoms with Gasteiger partial charge in [-0.25, -0.2) is 15.0 Å². The normalized spacial score (nSPS) is 16.1. The molecule has 0 spiro atoms. The topological polar surface area (TPSA) is 83.0 Å². The highest BCUT2D eigenvalue weighted by Gasteiger charge is 2.22. The van der Waals surface area contributed by atoms with Crippen molar-refractivity contribution in [2.24, 2.45) is 0 Å². The molecule has 0 bridgehead atoms. The number of pyridine rings is 1. The zero-order valence-electron chi connectivity index (χ0n) is 19.8. The van der Waals surface area contributed by atoms with E-state index in [1.807, 2.05) is 37.4 Å². The van der Waals surface area contributed by atoms with Crippen LogP contribution in [0.25, 0.3) is 11.3 Å². The maximum atomic E-state index is 12.7. The Bertz CT molecular complexity index is 1300. The van der Waals surface area contributed by atoms with Gasteiger partial charge in [0.25, 0.3) is 5.91 Å². The lowest BCUT2D eigenvalue weighted by Crippen LogP contribution is -2.43. The Kier molecular flexibility index (Phi) is 6.77. The van der Waals surface area contributed by atoms with Crippen LogP contribution in [0.1, 0.15) is 46.0 Å². The maximum Gasteiger partial charge on any atom is 0.270 e. The standard InChI is InChI=1S/C26H27ClN6OS/c1-15-16(3-6-21(29-15)26(34)30-19-7-9-33(2)10-8-19)11-23-28-14-17-12-24(35)31-22-13-18(27)4-5-20(22)25(17)32-23/h3-6,13-14,19H,7-12H2,1-2H3,(H,30,34)(H,31,35). The van der Waals surface area contributed by atoms with E-state index in [1.54, 1.807) is 6.07 Å². The van der Waals surface area contributed by atoms with E-state index in [4.69, 9.17) is 28.8 Å². The van der Waals surface area contributed by atoms with Crippen molar-refractivity contribution in [1.82, 2.24) is 25.2 Å². The first-order chi connectivity index (χ1) is 16.9. The molecule has 1 saturated heterocycles. The lowest BCUT2D eigenvalue weighted by atomic mass is 10.0. The molecule has 9 heteroatoms. The van der Waals surface area contributed by atoms with Crippen LogP contribution >= 0.6 is 23.8 Å². The Balaban J connectivity index is 1.35. The summed E-state index contributed by atoms with van der Waals surface area (Å²) < 4.78 is 0. The van der Waals surface area contributed by atoms with E-state index in [-0.39, 0.29) is 11.9 Å². The van der Waals surface area contributed by atoms with Crippen LogP contribution in [0.15, 0.2) is 36.5 Å². The zero-order chi connectivity index (χ0) is 24.5. The molecule has 2 aliphatic rings. The minimum atomic E-state index is -0.116. The minimum Gasteiger partial charge on any atom is -0.349 e. The number of anilines is 1. The number of nitrogens with zero attached hydrogens (tertiary/aromatic N) is 4. The number of nitrogens with one attached hydrogen (secondary N) is 2. The number of aryl methyl sites for hydroxylation is 1. The van der Waals surface area contributed by atoms with E-state index >= 15 is 0 Å². The van der Waals surface area contributed by atoms with E-state index in [9.17, 15) is 4.79 Å². The van der Waals surface area contributed by atoms with Crippen molar-refractivity contribution in [3.8, 4) is 11.3 Å². The summed E-state index contributed by atoms with van der Waals surface area (Å²) in [5.74, 6) is 0.570. The van der Waals surface area contributed by atoms with Gasteiger partial charge in [0.1, 0.15) is 11.5 Å². The van der Waals surface area contributed by atoms with Crippen LogP contribution in [0.3, 0.4) is 0 Å². The third-order valence-corrected chi connectivity index (χ3v) is 7.09. The SMILES string of the molecule is Cc1nc(C(=O)NC2CCN(C)CC2)ccc1Cc1ncc2c(n1)-c1ccc(Cl)cc1NC(=S)C2. The fourth-order valence-electron chi connectivity index (χ4n) is 4.57. The van der Waals surface area contributed by atoms with Crippen molar-refractivity contribution in [2.75, 3.05) is 25.5 Å². The molecule has 1 aromatic carbocycles. The van der Waals surface area contributed by atoms with Crippen LogP contribution in [0, 0.1) is 6.92 Å². The Morgan fingerprint density at radius 2 is 2.03 bits per heavy atom. The van der Waals surface area contributed by atoms with E-state index in [2.05, 4.69) is 32.5 Å². The summed E-state index contributed by atoms with van der Waals surface area (Å²) >= 11 is 11.7. The first kappa shape index (κ1) is 23.8. The fourth-order valence-corrected chi connectivity index (χ4v) is 5.01. The molecule has 3 aromatic rings. The molecular formula is C26H27ClN6OS. The first-order valence-electron chi connectivity index (χ1n) is 11.8. The number of thiocarbonyl (C=S) groups is 1. The summed E-state index contributed by atoms with van der Waals surface area (Å²) in [5, 5.41) is 7.03. The van der Waals surface area contributed by atoms with E-state index in [1.165, 1.54) is 0 Å². The molecule has 0 saturated carbocycles. The Morgan fingerprint density at radius 1 is 1.23 bits per heavy atom. The molecule has 0 atom stereocenters. The van der Waals surface area contributed by atoms with Crippen LogP contribution in [-0.2, 0) is 12.8 Å². The van der Waals surface area contributed by atoms with Gasteiger partial charge in [0, 0.05) is 52.6 Å². The van der Waals surface area contributed by atoms with E-state index < -0.39 is 0 Å². The summed E-state index contributed by atoms with van der Waals surface area (Å²) in [7, 11) is 2.11. The number of carbonyl (C=O) groups excluding carboxylic acids is 1. The number of carbonyl (C=O) groups is 1. The number of amides is 1. The number of likely N-dealkylation sites (tertiary alicyclic amines) is 1. The smallest absolute Gasteiger partial charge is 0.270 e. The second kappa shape index (κ2) is 9.97. The number of fused-ring (bicyclic) bond motifs is 3. The van der Waals surface area contributed by atoms with Crippen molar-refractivity contribution < 1.29 is 4.79 Å². The van der Waals surface area contributed by atoms with Crippen LogP contribution < -0.4 is 10.6 Å². The lowest BCUT2D eigenvalue weighted by molar-refractivity contribution is 0.0911. The van der Waals surface area contributed by atoms with Crippen molar-refractivity contribution in [2.45, 2.75) is 38.6 Å². The molecule has 2 aliphatic heterocycles. The van der Waals surface area contributed by atoms with E-state index in [0.717, 1.165) is 59.7 Å². The molecule has 180 valence electrons. The van der Waals surface area contributed by atoms with Crippen molar-refractivity contribution in [1.29, 1.82) is 0 Å². The van der Waals surface area contributed by atoms with Gasteiger partial charge in [-0.05, 0) is 69.7 Å². The fraction of sp³-hybridized carbons (Fsp3) is 0.346. The number of hydrogen-bond acceptors (Lipinski definition) is 6. The van der Waals surface area contributed by atoms with Crippen LogP contribution in [-0.4, -0.2) is 56.9 Å². The molecular weight excluding hydrogens is 480 g/mol. The van der Waals surface area contributed by atoms with Gasteiger partial charge in [0.15, 0.2) is 0 Å². The number of benzene rings is 1. The van der Waals surface area contributed by atoms with E-state index in [0.29, 0.717) is 34.4 Å². The number of halogens is 1. The van der Waals surface area contributed by atoms with Crippen molar-refractivity contribution in [3.05, 3.63) is 69.9 Å². The number of rotatable bonds is 4. The molecule has 0 radical (unpaired) electrons. The van der Waals surface area contributed by atoms with Gasteiger partial charge in [0.05, 0.1) is 10.7 Å². The van der Waals surface area contributed by atoms with Gasteiger partial charge in [-0.3, -0.25) is 4.79 Å². The summed E-state index contributed by atoms with van der Waals surface area (Å²) in [4.78, 5) is 29.8. The molecule has 1 fully saturated rings. The van der Waals surface area contributed by atoms with Gasteiger partial charge >= 0.3 is 0 Å². The maximum absolute atomic E-state index is 12.7. The number of piperidine rings is 1. The highest BCUT2D eigenvalue weighted by molar-refractivity contribution is 7.80. The molecule has 2 N–H and O–H groups in total. The monoisotopic (exact) mass is 506 g/mol. The van der Waals surface area contributed by atoms with Crippen LogP contribution in [0.2, 0.25) is 5.02 Å².